The number of rotatable bonds is 6. The van der Waals surface area contributed by atoms with Crippen molar-refractivity contribution in [3.63, 3.8) is 0 Å². The minimum Gasteiger partial charge on any atom is -0.496 e. The Hall–Kier alpha value is -2.65. The van der Waals surface area contributed by atoms with Gasteiger partial charge < -0.3 is 15.4 Å². The largest absolute Gasteiger partial charge is 0.496 e. The number of ether oxygens (including phenoxy) is 1. The molecular formula is C23H29N7OS. The van der Waals surface area contributed by atoms with Gasteiger partial charge in [0.1, 0.15) is 10.8 Å². The first-order chi connectivity index (χ1) is 15.5. The van der Waals surface area contributed by atoms with Crippen LogP contribution in [0.1, 0.15) is 41.8 Å². The van der Waals surface area contributed by atoms with Crippen LogP contribution in [0, 0.1) is 13.8 Å². The first-order valence-corrected chi connectivity index (χ1v) is 12.1. The molecule has 0 bridgehead atoms. The van der Waals surface area contributed by atoms with E-state index in [0.717, 1.165) is 63.0 Å². The Morgan fingerprint density at radius 2 is 2.00 bits per heavy atom. The lowest BCUT2D eigenvalue weighted by atomic mass is 10.1. The van der Waals surface area contributed by atoms with Gasteiger partial charge in [0.15, 0.2) is 5.65 Å². The van der Waals surface area contributed by atoms with Gasteiger partial charge in [0, 0.05) is 29.6 Å². The maximum absolute atomic E-state index is 6.08. The summed E-state index contributed by atoms with van der Waals surface area (Å²) in [5.74, 6) is 2.05. The zero-order chi connectivity index (χ0) is 22.2. The Bertz CT molecular complexity index is 1200. The van der Waals surface area contributed by atoms with E-state index >= 15 is 0 Å². The van der Waals surface area contributed by atoms with Crippen LogP contribution >= 0.6 is 11.8 Å². The third-order valence-electron chi connectivity index (χ3n) is 6.34. The Labute approximate surface area is 192 Å². The fourth-order valence-corrected chi connectivity index (χ4v) is 5.67. The number of hydrogen-bond donors (Lipinski definition) is 1. The molecule has 168 valence electrons. The number of nitrogens with two attached hydrogens (primary N) is 1. The molecule has 5 heterocycles. The highest BCUT2D eigenvalue weighted by Gasteiger charge is 2.22. The van der Waals surface area contributed by atoms with E-state index in [4.69, 9.17) is 15.6 Å². The smallest absolute Gasteiger partial charge is 0.223 e. The van der Waals surface area contributed by atoms with Gasteiger partial charge in [-0.2, -0.15) is 10.1 Å². The Balaban J connectivity index is 1.51. The van der Waals surface area contributed by atoms with Gasteiger partial charge in [0.05, 0.1) is 30.4 Å². The number of anilines is 1. The molecule has 32 heavy (non-hydrogen) atoms. The van der Waals surface area contributed by atoms with Crippen molar-refractivity contribution < 1.29 is 4.74 Å². The van der Waals surface area contributed by atoms with Gasteiger partial charge in [-0.05, 0) is 52.3 Å². The topological polar surface area (TPSA) is 95.0 Å². The molecule has 2 N–H and O–H groups in total. The summed E-state index contributed by atoms with van der Waals surface area (Å²) >= 11 is 1.73. The second-order valence-electron chi connectivity index (χ2n) is 8.56. The lowest BCUT2D eigenvalue weighted by Crippen LogP contribution is -2.20. The molecule has 2 aliphatic rings. The summed E-state index contributed by atoms with van der Waals surface area (Å²) in [6.07, 6.45) is 7.76. The Morgan fingerprint density at radius 1 is 1.19 bits per heavy atom. The number of nitrogens with zero attached hydrogens (tertiary/aromatic N) is 6. The van der Waals surface area contributed by atoms with Gasteiger partial charge >= 0.3 is 0 Å². The molecular weight excluding hydrogens is 422 g/mol. The second-order valence-corrected chi connectivity index (χ2v) is 9.53. The van der Waals surface area contributed by atoms with Crippen LogP contribution in [0.3, 0.4) is 0 Å². The van der Waals surface area contributed by atoms with E-state index in [0.29, 0.717) is 6.54 Å². The molecule has 0 aliphatic carbocycles. The van der Waals surface area contributed by atoms with E-state index < -0.39 is 0 Å². The molecule has 1 fully saturated rings. The summed E-state index contributed by atoms with van der Waals surface area (Å²) in [7, 11) is 1.69. The van der Waals surface area contributed by atoms with E-state index in [1.54, 1.807) is 18.9 Å². The summed E-state index contributed by atoms with van der Waals surface area (Å²) in [5, 5.41) is 6.83. The molecule has 0 unspecified atom stereocenters. The zero-order valence-corrected chi connectivity index (χ0v) is 19.7. The highest BCUT2D eigenvalue weighted by atomic mass is 32.2. The van der Waals surface area contributed by atoms with Crippen LogP contribution in [-0.4, -0.2) is 62.1 Å². The minimum absolute atomic E-state index is 0.277. The van der Waals surface area contributed by atoms with Crippen molar-refractivity contribution in [2.45, 2.75) is 44.7 Å². The van der Waals surface area contributed by atoms with Crippen LogP contribution in [0.4, 0.5) is 5.95 Å². The molecule has 5 rings (SSSR count). The predicted molar refractivity (Wildman–Crippen MR) is 128 cm³/mol. The number of methoxy groups -OCH3 is 1. The molecule has 3 aromatic rings. The molecule has 1 saturated heterocycles. The molecule has 2 aliphatic heterocycles. The molecule has 8 nitrogen and oxygen atoms in total. The van der Waals surface area contributed by atoms with E-state index in [-0.39, 0.29) is 5.95 Å². The second kappa shape index (κ2) is 8.71. The summed E-state index contributed by atoms with van der Waals surface area (Å²) in [5.41, 5.74) is 12.1. The van der Waals surface area contributed by atoms with Crippen LogP contribution < -0.4 is 10.5 Å². The van der Waals surface area contributed by atoms with Crippen LogP contribution in [0.25, 0.3) is 17.1 Å². The average molecular weight is 452 g/mol. The van der Waals surface area contributed by atoms with Crippen molar-refractivity contribution in [1.29, 1.82) is 0 Å². The summed E-state index contributed by atoms with van der Waals surface area (Å²) in [6, 6.07) is 0. The first-order valence-electron chi connectivity index (χ1n) is 11.1. The van der Waals surface area contributed by atoms with Gasteiger partial charge in [-0.1, -0.05) is 5.57 Å². The van der Waals surface area contributed by atoms with Crippen molar-refractivity contribution in [2.24, 2.45) is 0 Å². The van der Waals surface area contributed by atoms with Crippen LogP contribution in [-0.2, 0) is 6.54 Å². The van der Waals surface area contributed by atoms with Crippen molar-refractivity contribution in [3.8, 4) is 5.75 Å². The number of aryl methyl sites for hydroxylation is 1. The highest BCUT2D eigenvalue weighted by Crippen LogP contribution is 2.36. The molecule has 3 aromatic heterocycles. The first kappa shape index (κ1) is 21.2. The maximum atomic E-state index is 6.08. The molecule has 0 amide bonds. The highest BCUT2D eigenvalue weighted by molar-refractivity contribution is 7.99. The molecule has 0 atom stereocenters. The third kappa shape index (κ3) is 3.95. The summed E-state index contributed by atoms with van der Waals surface area (Å²) in [6.45, 7) is 8.07. The lowest BCUT2D eigenvalue weighted by molar-refractivity contribution is 0.343. The van der Waals surface area contributed by atoms with Crippen molar-refractivity contribution in [2.75, 3.05) is 38.2 Å². The molecule has 9 heteroatoms. The monoisotopic (exact) mass is 451 g/mol. The molecule has 0 saturated carbocycles. The Morgan fingerprint density at radius 3 is 2.78 bits per heavy atom. The van der Waals surface area contributed by atoms with Crippen LogP contribution in [0.2, 0.25) is 0 Å². The lowest BCUT2D eigenvalue weighted by Gasteiger charge is -2.15. The summed E-state index contributed by atoms with van der Waals surface area (Å²) < 4.78 is 7.48. The van der Waals surface area contributed by atoms with Gasteiger partial charge in [-0.3, -0.25) is 4.98 Å². The van der Waals surface area contributed by atoms with E-state index in [2.05, 4.69) is 25.9 Å². The fraction of sp³-hybridized carbons (Fsp3) is 0.478. The molecule has 0 radical (unpaired) electrons. The fourth-order valence-electron chi connectivity index (χ4n) is 4.62. The summed E-state index contributed by atoms with van der Waals surface area (Å²) in [4.78, 5) is 16.3. The average Bonchev–Trinajstić information content (AvgIpc) is 3.36. The molecule has 0 aromatic carbocycles. The van der Waals surface area contributed by atoms with Gasteiger partial charge in [-0.15, -0.1) is 11.8 Å². The normalized spacial score (nSPS) is 16.4. The minimum atomic E-state index is 0.277. The van der Waals surface area contributed by atoms with Crippen molar-refractivity contribution in [1.82, 2.24) is 29.6 Å². The SMILES string of the molecule is COc1c(C)cnc(Cn2nc3c4c(nc(N)nc42)SCC(CCN2CCCC2)=C3)c1C. The number of aromatic nitrogens is 5. The number of likely N-dealkylation sites (tertiary alicyclic amines) is 1. The van der Waals surface area contributed by atoms with Gasteiger partial charge in [0.25, 0.3) is 0 Å². The van der Waals surface area contributed by atoms with Crippen LogP contribution in [0.15, 0.2) is 16.8 Å². The van der Waals surface area contributed by atoms with Crippen molar-refractivity contribution >= 4 is 34.8 Å². The van der Waals surface area contributed by atoms with Crippen LogP contribution in [0.5, 0.6) is 5.75 Å². The van der Waals surface area contributed by atoms with E-state index in [9.17, 15) is 0 Å². The van der Waals surface area contributed by atoms with E-state index in [1.807, 2.05) is 24.7 Å². The number of thioether (sulfide) groups is 1. The standard InChI is InChI=1S/C23H29N7OS/c1-14-11-25-18(15(2)20(14)31-3)12-30-21-19-17(28-30)10-16(6-9-29-7-4-5-8-29)13-32-22(19)27-23(24)26-21/h10-11H,4-9,12-13H2,1-3H3,(H2,24,26,27). The van der Waals surface area contributed by atoms with Gasteiger partial charge in [-0.25, -0.2) is 9.67 Å². The number of hydrogen-bond acceptors (Lipinski definition) is 8. The third-order valence-corrected chi connectivity index (χ3v) is 7.42. The maximum Gasteiger partial charge on any atom is 0.223 e. The zero-order valence-electron chi connectivity index (χ0n) is 18.9. The Kier molecular flexibility index (Phi) is 5.77. The van der Waals surface area contributed by atoms with Gasteiger partial charge in [0.2, 0.25) is 5.95 Å². The van der Waals surface area contributed by atoms with E-state index in [1.165, 1.54) is 31.5 Å². The quantitative estimate of drug-likeness (QED) is 0.570. The number of nitrogen functional groups attached to an aromatic ring is 1. The predicted octanol–water partition coefficient (Wildman–Crippen LogP) is 3.45. The molecule has 0 spiro atoms. The van der Waals surface area contributed by atoms with Crippen molar-refractivity contribution in [3.05, 3.63) is 34.3 Å². The number of pyridine rings is 1.